The second kappa shape index (κ2) is 4.33. The van der Waals surface area contributed by atoms with Crippen LogP contribution in [0.3, 0.4) is 0 Å². The van der Waals surface area contributed by atoms with Crippen molar-refractivity contribution >= 4 is 0 Å². The zero-order valence-corrected chi connectivity index (χ0v) is 9.49. The summed E-state index contributed by atoms with van der Waals surface area (Å²) in [5.74, 6) is 0. The van der Waals surface area contributed by atoms with E-state index in [4.69, 9.17) is 4.74 Å². The van der Waals surface area contributed by atoms with Crippen LogP contribution in [-0.2, 0) is 11.2 Å². The summed E-state index contributed by atoms with van der Waals surface area (Å²) in [4.78, 5) is 0. The number of benzene rings is 1. The van der Waals surface area contributed by atoms with Gasteiger partial charge in [0.15, 0.2) is 0 Å². The second-order valence-corrected chi connectivity index (χ2v) is 4.89. The zero-order chi connectivity index (χ0) is 10.7. The number of rotatable bonds is 2. The number of hydrogen-bond donors (Lipinski definition) is 1. The standard InChI is InChI=1S/C13H19NO/c1-13(2)10-15-12(9-14-13)8-11-6-4-3-5-7-11/h3-7,12,14H,8-10H2,1-2H3. The summed E-state index contributed by atoms with van der Waals surface area (Å²) in [6.07, 6.45) is 1.32. The number of nitrogens with one attached hydrogen (secondary N) is 1. The molecule has 0 spiro atoms. The van der Waals surface area contributed by atoms with Crippen molar-refractivity contribution in [1.29, 1.82) is 0 Å². The van der Waals surface area contributed by atoms with Crippen molar-refractivity contribution in [3.05, 3.63) is 35.9 Å². The fourth-order valence-corrected chi connectivity index (χ4v) is 1.83. The summed E-state index contributed by atoms with van der Waals surface area (Å²) >= 11 is 0. The lowest BCUT2D eigenvalue weighted by Crippen LogP contribution is -2.53. The number of morpholine rings is 1. The Morgan fingerprint density at radius 1 is 1.33 bits per heavy atom. The van der Waals surface area contributed by atoms with Crippen LogP contribution < -0.4 is 5.32 Å². The normalized spacial score (nSPS) is 25.1. The Labute approximate surface area is 91.6 Å². The highest BCUT2D eigenvalue weighted by Gasteiger charge is 2.26. The average molecular weight is 205 g/mol. The van der Waals surface area contributed by atoms with Crippen molar-refractivity contribution in [2.24, 2.45) is 0 Å². The van der Waals surface area contributed by atoms with Crippen molar-refractivity contribution < 1.29 is 4.74 Å². The summed E-state index contributed by atoms with van der Waals surface area (Å²) in [7, 11) is 0. The number of hydrogen-bond acceptors (Lipinski definition) is 2. The van der Waals surface area contributed by atoms with E-state index in [0.717, 1.165) is 19.6 Å². The first-order chi connectivity index (χ1) is 7.16. The molecular formula is C13H19NO. The fraction of sp³-hybridized carbons (Fsp3) is 0.538. The summed E-state index contributed by atoms with van der Waals surface area (Å²) in [5, 5.41) is 3.50. The molecule has 1 N–H and O–H groups in total. The van der Waals surface area contributed by atoms with Crippen LogP contribution in [0.15, 0.2) is 30.3 Å². The van der Waals surface area contributed by atoms with Gasteiger partial charge in [-0.15, -0.1) is 0 Å². The van der Waals surface area contributed by atoms with E-state index in [0.29, 0.717) is 6.10 Å². The molecule has 1 aromatic carbocycles. The van der Waals surface area contributed by atoms with Crippen molar-refractivity contribution in [2.75, 3.05) is 13.2 Å². The Balaban J connectivity index is 1.88. The van der Waals surface area contributed by atoms with E-state index in [-0.39, 0.29) is 5.54 Å². The van der Waals surface area contributed by atoms with Gasteiger partial charge < -0.3 is 10.1 Å². The Hall–Kier alpha value is -0.860. The topological polar surface area (TPSA) is 21.3 Å². The van der Waals surface area contributed by atoms with E-state index in [1.165, 1.54) is 5.56 Å². The summed E-state index contributed by atoms with van der Waals surface area (Å²) in [6, 6.07) is 10.5. The molecule has 1 aliphatic rings. The molecule has 2 nitrogen and oxygen atoms in total. The molecule has 15 heavy (non-hydrogen) atoms. The molecular weight excluding hydrogens is 186 g/mol. The minimum Gasteiger partial charge on any atom is -0.375 e. The largest absolute Gasteiger partial charge is 0.375 e. The maximum Gasteiger partial charge on any atom is 0.0740 e. The number of ether oxygens (including phenoxy) is 1. The Bertz CT molecular complexity index is 298. The predicted molar refractivity (Wildman–Crippen MR) is 62.0 cm³/mol. The van der Waals surface area contributed by atoms with E-state index in [9.17, 15) is 0 Å². The minimum atomic E-state index is 0.132. The van der Waals surface area contributed by atoms with Gasteiger partial charge in [0, 0.05) is 12.1 Å². The van der Waals surface area contributed by atoms with Gasteiger partial charge in [0.05, 0.1) is 12.7 Å². The van der Waals surface area contributed by atoms with Gasteiger partial charge in [0.2, 0.25) is 0 Å². The molecule has 0 aliphatic carbocycles. The van der Waals surface area contributed by atoms with Gasteiger partial charge >= 0.3 is 0 Å². The predicted octanol–water partition coefficient (Wildman–Crippen LogP) is 2.00. The molecule has 82 valence electrons. The second-order valence-electron chi connectivity index (χ2n) is 4.89. The lowest BCUT2D eigenvalue weighted by atomic mass is 10.0. The van der Waals surface area contributed by atoms with Crippen molar-refractivity contribution in [3.8, 4) is 0 Å². The third kappa shape index (κ3) is 3.05. The molecule has 0 bridgehead atoms. The van der Waals surface area contributed by atoms with Crippen molar-refractivity contribution in [3.63, 3.8) is 0 Å². The third-order valence-electron chi connectivity index (χ3n) is 2.79. The molecule has 2 heteroatoms. The highest BCUT2D eigenvalue weighted by atomic mass is 16.5. The van der Waals surface area contributed by atoms with Crippen LogP contribution in [0.4, 0.5) is 0 Å². The maximum absolute atomic E-state index is 5.83. The Kier molecular flexibility index (Phi) is 3.08. The van der Waals surface area contributed by atoms with Crippen molar-refractivity contribution in [1.82, 2.24) is 5.32 Å². The SMILES string of the molecule is CC1(C)COC(Cc2ccccc2)CN1. The van der Waals surface area contributed by atoms with E-state index in [2.05, 4.69) is 43.4 Å². The van der Waals surface area contributed by atoms with Crippen LogP contribution in [0.2, 0.25) is 0 Å². The lowest BCUT2D eigenvalue weighted by molar-refractivity contribution is -0.0206. The summed E-state index contributed by atoms with van der Waals surface area (Å²) in [6.45, 7) is 6.09. The van der Waals surface area contributed by atoms with E-state index in [1.54, 1.807) is 0 Å². The molecule has 0 aromatic heterocycles. The Morgan fingerprint density at radius 2 is 2.07 bits per heavy atom. The molecule has 0 radical (unpaired) electrons. The van der Waals surface area contributed by atoms with Crippen LogP contribution in [0, 0.1) is 0 Å². The van der Waals surface area contributed by atoms with Gasteiger partial charge in [-0.1, -0.05) is 30.3 Å². The smallest absolute Gasteiger partial charge is 0.0740 e. The van der Waals surface area contributed by atoms with Crippen LogP contribution >= 0.6 is 0 Å². The first kappa shape index (κ1) is 10.7. The highest BCUT2D eigenvalue weighted by Crippen LogP contribution is 2.14. The van der Waals surface area contributed by atoms with Gasteiger partial charge in [-0.2, -0.15) is 0 Å². The summed E-state index contributed by atoms with van der Waals surface area (Å²) in [5.41, 5.74) is 1.48. The fourth-order valence-electron chi connectivity index (χ4n) is 1.83. The first-order valence-electron chi connectivity index (χ1n) is 5.56. The first-order valence-corrected chi connectivity index (χ1v) is 5.56. The molecule has 2 rings (SSSR count). The maximum atomic E-state index is 5.83. The molecule has 1 atom stereocenters. The molecule has 1 aliphatic heterocycles. The van der Waals surface area contributed by atoms with E-state index < -0.39 is 0 Å². The molecule has 0 amide bonds. The van der Waals surface area contributed by atoms with Gasteiger partial charge in [0.1, 0.15) is 0 Å². The van der Waals surface area contributed by atoms with E-state index in [1.807, 2.05) is 6.07 Å². The summed E-state index contributed by atoms with van der Waals surface area (Å²) < 4.78 is 5.83. The van der Waals surface area contributed by atoms with Crippen LogP contribution in [0.25, 0.3) is 0 Å². The monoisotopic (exact) mass is 205 g/mol. The van der Waals surface area contributed by atoms with Gasteiger partial charge in [-0.05, 0) is 25.8 Å². The van der Waals surface area contributed by atoms with Crippen LogP contribution in [-0.4, -0.2) is 24.8 Å². The zero-order valence-electron chi connectivity index (χ0n) is 9.49. The van der Waals surface area contributed by atoms with Crippen LogP contribution in [0.1, 0.15) is 19.4 Å². The molecule has 1 fully saturated rings. The average Bonchev–Trinajstić information content (AvgIpc) is 2.23. The molecule has 1 heterocycles. The van der Waals surface area contributed by atoms with Crippen molar-refractivity contribution in [2.45, 2.75) is 31.9 Å². The Morgan fingerprint density at radius 3 is 2.67 bits per heavy atom. The molecule has 1 unspecified atom stereocenters. The van der Waals surface area contributed by atoms with Gasteiger partial charge in [0.25, 0.3) is 0 Å². The minimum absolute atomic E-state index is 0.132. The van der Waals surface area contributed by atoms with Gasteiger partial charge in [-0.3, -0.25) is 0 Å². The molecule has 0 saturated carbocycles. The highest BCUT2D eigenvalue weighted by molar-refractivity contribution is 5.15. The third-order valence-corrected chi connectivity index (χ3v) is 2.79. The van der Waals surface area contributed by atoms with Crippen LogP contribution in [0.5, 0.6) is 0 Å². The lowest BCUT2D eigenvalue weighted by Gasteiger charge is -2.36. The molecule has 1 saturated heterocycles. The quantitative estimate of drug-likeness (QED) is 0.797. The van der Waals surface area contributed by atoms with Gasteiger partial charge in [-0.25, -0.2) is 0 Å². The molecule has 1 aromatic rings. The van der Waals surface area contributed by atoms with E-state index >= 15 is 0 Å².